The summed E-state index contributed by atoms with van der Waals surface area (Å²) < 4.78 is 21.3. The molecular weight excluding hydrogens is 172 g/mol. The Morgan fingerprint density at radius 2 is 1.31 bits per heavy atom. The molecule has 0 spiro atoms. The van der Waals surface area contributed by atoms with Crippen molar-refractivity contribution in [3.8, 4) is 0 Å². The first-order valence-corrected chi connectivity index (χ1v) is 4.74. The van der Waals surface area contributed by atoms with Crippen LogP contribution in [0.2, 0.25) is 0 Å². The van der Waals surface area contributed by atoms with Crippen molar-refractivity contribution in [3.05, 3.63) is 0 Å². The highest BCUT2D eigenvalue weighted by atomic mass is 16.6. The van der Waals surface area contributed by atoms with Crippen LogP contribution in [-0.4, -0.2) is 52.4 Å². The van der Waals surface area contributed by atoms with Gasteiger partial charge in [0.05, 0.1) is 52.4 Å². The highest BCUT2D eigenvalue weighted by Gasteiger charge is 2.03. The molecule has 1 fully saturated rings. The van der Waals surface area contributed by atoms with Crippen molar-refractivity contribution >= 4 is 0 Å². The van der Waals surface area contributed by atoms with Gasteiger partial charge < -0.3 is 18.9 Å². The van der Waals surface area contributed by atoms with Crippen LogP contribution in [0.4, 0.5) is 0 Å². The quantitative estimate of drug-likeness (QED) is 0.556. The lowest BCUT2D eigenvalue weighted by atomic mass is 10.4. The van der Waals surface area contributed by atoms with Crippen molar-refractivity contribution in [2.75, 3.05) is 46.2 Å². The summed E-state index contributed by atoms with van der Waals surface area (Å²) in [7, 11) is 0. The van der Waals surface area contributed by atoms with Gasteiger partial charge in [-0.15, -0.1) is 0 Å². The molecule has 0 N–H and O–H groups in total. The first-order chi connectivity index (χ1) is 6.39. The smallest absolute Gasteiger partial charge is 0.0781 e. The second-order valence-corrected chi connectivity index (χ2v) is 2.98. The molecule has 0 aliphatic carbocycles. The monoisotopic (exact) mass is 190 g/mol. The van der Waals surface area contributed by atoms with Crippen LogP contribution in [0.5, 0.6) is 0 Å². The molecule has 78 valence electrons. The molecule has 0 radical (unpaired) electrons. The average molecular weight is 190 g/mol. The lowest BCUT2D eigenvalue weighted by Crippen LogP contribution is -2.22. The summed E-state index contributed by atoms with van der Waals surface area (Å²) in [5.74, 6) is 0. The summed E-state index contributed by atoms with van der Waals surface area (Å²) >= 11 is 0. The summed E-state index contributed by atoms with van der Waals surface area (Å²) in [6, 6.07) is 0. The molecule has 0 bridgehead atoms. The van der Waals surface area contributed by atoms with Crippen LogP contribution < -0.4 is 0 Å². The number of hydrogen-bond donors (Lipinski definition) is 0. The molecular formula is C9H18O4. The summed E-state index contributed by atoms with van der Waals surface area (Å²) in [5.41, 5.74) is 0. The van der Waals surface area contributed by atoms with Crippen molar-refractivity contribution in [2.45, 2.75) is 13.0 Å². The topological polar surface area (TPSA) is 36.9 Å². The van der Waals surface area contributed by atoms with E-state index in [1.165, 1.54) is 0 Å². The van der Waals surface area contributed by atoms with Crippen molar-refractivity contribution in [1.82, 2.24) is 0 Å². The largest absolute Gasteiger partial charge is 0.377 e. The fourth-order valence-electron chi connectivity index (χ4n) is 1.05. The summed E-state index contributed by atoms with van der Waals surface area (Å²) in [4.78, 5) is 0. The highest BCUT2D eigenvalue weighted by Crippen LogP contribution is 1.93. The highest BCUT2D eigenvalue weighted by molar-refractivity contribution is 4.48. The van der Waals surface area contributed by atoms with E-state index in [0.717, 1.165) is 0 Å². The number of hydrogen-bond acceptors (Lipinski definition) is 4. The van der Waals surface area contributed by atoms with E-state index in [-0.39, 0.29) is 6.10 Å². The van der Waals surface area contributed by atoms with E-state index in [0.29, 0.717) is 46.2 Å². The lowest BCUT2D eigenvalue weighted by molar-refractivity contribution is -0.0607. The number of rotatable bonds is 0. The van der Waals surface area contributed by atoms with Crippen molar-refractivity contribution in [2.24, 2.45) is 0 Å². The van der Waals surface area contributed by atoms with E-state index in [1.54, 1.807) is 0 Å². The molecule has 1 heterocycles. The van der Waals surface area contributed by atoms with Crippen LogP contribution in [0, 0.1) is 0 Å². The lowest BCUT2D eigenvalue weighted by Gasteiger charge is -2.15. The van der Waals surface area contributed by atoms with Crippen molar-refractivity contribution < 1.29 is 18.9 Å². The second-order valence-electron chi connectivity index (χ2n) is 2.98. The standard InChI is InChI=1S/C9H18O4/c1-9-8-12-5-4-10-2-3-11-6-7-13-9/h9H,2-8H2,1H3. The first kappa shape index (κ1) is 10.9. The van der Waals surface area contributed by atoms with Gasteiger partial charge in [-0.25, -0.2) is 0 Å². The molecule has 0 amide bonds. The predicted octanol–water partition coefficient (Wildman–Crippen LogP) is 0.455. The Morgan fingerprint density at radius 1 is 0.769 bits per heavy atom. The Balaban J connectivity index is 2.11. The minimum Gasteiger partial charge on any atom is -0.377 e. The minimum absolute atomic E-state index is 0.142. The molecule has 4 heteroatoms. The van der Waals surface area contributed by atoms with E-state index < -0.39 is 0 Å². The van der Waals surface area contributed by atoms with E-state index >= 15 is 0 Å². The molecule has 13 heavy (non-hydrogen) atoms. The molecule has 0 aromatic rings. The normalized spacial score (nSPS) is 28.8. The van der Waals surface area contributed by atoms with E-state index in [2.05, 4.69) is 0 Å². The summed E-state index contributed by atoms with van der Waals surface area (Å²) in [6.07, 6.45) is 0.142. The van der Waals surface area contributed by atoms with E-state index in [1.807, 2.05) is 6.92 Å². The zero-order valence-electron chi connectivity index (χ0n) is 8.16. The minimum atomic E-state index is 0.142. The molecule has 4 nitrogen and oxygen atoms in total. The van der Waals surface area contributed by atoms with Crippen LogP contribution in [-0.2, 0) is 18.9 Å². The fourth-order valence-corrected chi connectivity index (χ4v) is 1.05. The Hall–Kier alpha value is -0.160. The molecule has 1 rings (SSSR count). The molecule has 1 atom stereocenters. The third-order valence-electron chi connectivity index (χ3n) is 1.73. The van der Waals surface area contributed by atoms with Crippen molar-refractivity contribution in [1.29, 1.82) is 0 Å². The van der Waals surface area contributed by atoms with Crippen LogP contribution in [0.3, 0.4) is 0 Å². The SMILES string of the molecule is CC1COCCOCCOCCO1. The molecule has 0 saturated carbocycles. The van der Waals surface area contributed by atoms with Gasteiger partial charge in [0.25, 0.3) is 0 Å². The molecule has 0 aromatic heterocycles. The summed E-state index contributed by atoms with van der Waals surface area (Å²) in [5, 5.41) is 0. The van der Waals surface area contributed by atoms with Gasteiger partial charge in [-0.3, -0.25) is 0 Å². The molecule has 1 aliphatic rings. The van der Waals surface area contributed by atoms with Crippen molar-refractivity contribution in [3.63, 3.8) is 0 Å². The maximum absolute atomic E-state index is 5.42. The van der Waals surface area contributed by atoms with E-state index in [4.69, 9.17) is 18.9 Å². The molecule has 1 unspecified atom stereocenters. The Bertz CT molecular complexity index is 106. The maximum atomic E-state index is 5.42. The third kappa shape index (κ3) is 5.99. The third-order valence-corrected chi connectivity index (χ3v) is 1.73. The van der Waals surface area contributed by atoms with Gasteiger partial charge in [0, 0.05) is 0 Å². The van der Waals surface area contributed by atoms with Gasteiger partial charge in [-0.05, 0) is 6.92 Å². The zero-order chi connectivity index (χ0) is 9.36. The maximum Gasteiger partial charge on any atom is 0.0781 e. The Labute approximate surface area is 79.1 Å². The number of ether oxygens (including phenoxy) is 4. The van der Waals surface area contributed by atoms with Gasteiger partial charge in [-0.1, -0.05) is 0 Å². The predicted molar refractivity (Wildman–Crippen MR) is 47.9 cm³/mol. The molecule has 0 aromatic carbocycles. The van der Waals surface area contributed by atoms with Crippen LogP contribution >= 0.6 is 0 Å². The van der Waals surface area contributed by atoms with Gasteiger partial charge in [0.2, 0.25) is 0 Å². The summed E-state index contributed by atoms with van der Waals surface area (Å²) in [6.45, 7) is 6.43. The van der Waals surface area contributed by atoms with Gasteiger partial charge >= 0.3 is 0 Å². The molecule has 1 aliphatic heterocycles. The van der Waals surface area contributed by atoms with Gasteiger partial charge in [0.15, 0.2) is 0 Å². The van der Waals surface area contributed by atoms with Gasteiger partial charge in [-0.2, -0.15) is 0 Å². The van der Waals surface area contributed by atoms with Crippen LogP contribution in [0.15, 0.2) is 0 Å². The second kappa shape index (κ2) is 7.26. The van der Waals surface area contributed by atoms with E-state index in [9.17, 15) is 0 Å². The average Bonchev–Trinajstić information content (AvgIpc) is 2.11. The zero-order valence-corrected chi connectivity index (χ0v) is 8.16. The Morgan fingerprint density at radius 3 is 2.00 bits per heavy atom. The molecule has 1 saturated heterocycles. The first-order valence-electron chi connectivity index (χ1n) is 4.74. The van der Waals surface area contributed by atoms with Crippen LogP contribution in [0.25, 0.3) is 0 Å². The fraction of sp³-hybridized carbons (Fsp3) is 1.00. The van der Waals surface area contributed by atoms with Crippen LogP contribution in [0.1, 0.15) is 6.92 Å². The Kier molecular flexibility index (Phi) is 6.10. The van der Waals surface area contributed by atoms with Gasteiger partial charge in [0.1, 0.15) is 0 Å².